The molecule has 2 bridgehead atoms. The Labute approximate surface area is 174 Å². The Morgan fingerprint density at radius 2 is 2.00 bits per heavy atom. The summed E-state index contributed by atoms with van der Waals surface area (Å²) in [5.41, 5.74) is 2.15. The maximum Gasteiger partial charge on any atom is 0.261 e. The molecule has 6 heteroatoms. The Balaban J connectivity index is 1.34. The predicted octanol–water partition coefficient (Wildman–Crippen LogP) is 3.64. The molecule has 1 N–H and O–H groups in total. The Bertz CT molecular complexity index is 967. The number of nitrogens with zero attached hydrogens (tertiary/aromatic N) is 3. The molecule has 3 aliphatic rings. The number of hydrogen-bond donors (Lipinski definition) is 1. The zero-order valence-corrected chi connectivity index (χ0v) is 17.0. The van der Waals surface area contributed by atoms with Crippen LogP contribution in [0.4, 0.5) is 0 Å². The number of thiophene rings is 1. The van der Waals surface area contributed by atoms with Crippen molar-refractivity contribution in [1.82, 2.24) is 20.2 Å². The molecule has 0 saturated carbocycles. The summed E-state index contributed by atoms with van der Waals surface area (Å²) in [5.74, 6) is 0.591. The lowest BCUT2D eigenvalue weighted by Gasteiger charge is -2.51. The number of carbonyl (C=O) groups is 1. The molecule has 2 atom stereocenters. The van der Waals surface area contributed by atoms with Gasteiger partial charge < -0.3 is 5.32 Å². The fourth-order valence-corrected chi connectivity index (χ4v) is 5.60. The van der Waals surface area contributed by atoms with Gasteiger partial charge in [-0.3, -0.25) is 19.7 Å². The molecule has 3 aliphatic heterocycles. The highest BCUT2D eigenvalue weighted by molar-refractivity contribution is 7.17. The average Bonchev–Trinajstić information content (AvgIpc) is 3.28. The summed E-state index contributed by atoms with van der Waals surface area (Å²) in [6.07, 6.45) is 8.80. The van der Waals surface area contributed by atoms with E-state index in [2.05, 4.69) is 26.3 Å². The van der Waals surface area contributed by atoms with Crippen molar-refractivity contribution in [2.75, 3.05) is 13.1 Å². The van der Waals surface area contributed by atoms with Crippen molar-refractivity contribution in [3.05, 3.63) is 71.5 Å². The Morgan fingerprint density at radius 3 is 2.76 bits per heavy atom. The molecule has 0 unspecified atom stereocenters. The van der Waals surface area contributed by atoms with E-state index in [-0.39, 0.29) is 11.9 Å². The summed E-state index contributed by atoms with van der Waals surface area (Å²) in [4.78, 5) is 26.1. The van der Waals surface area contributed by atoms with Crippen LogP contribution in [0.2, 0.25) is 0 Å². The van der Waals surface area contributed by atoms with Gasteiger partial charge >= 0.3 is 0 Å². The molecule has 3 aromatic heterocycles. The summed E-state index contributed by atoms with van der Waals surface area (Å²) in [6, 6.07) is 14.4. The number of fused-ring (bicyclic) bond motifs is 3. The molecule has 0 radical (unpaired) electrons. The van der Waals surface area contributed by atoms with Crippen molar-refractivity contribution in [3.63, 3.8) is 0 Å². The smallest absolute Gasteiger partial charge is 0.261 e. The van der Waals surface area contributed by atoms with E-state index < -0.39 is 0 Å². The maximum atomic E-state index is 13.1. The highest BCUT2D eigenvalue weighted by Gasteiger charge is 2.42. The zero-order chi connectivity index (χ0) is 19.6. The van der Waals surface area contributed by atoms with Gasteiger partial charge in [-0.1, -0.05) is 12.1 Å². The molecule has 6 heterocycles. The molecule has 29 heavy (non-hydrogen) atoms. The first kappa shape index (κ1) is 18.5. The van der Waals surface area contributed by atoms with Gasteiger partial charge in [0.15, 0.2) is 0 Å². The van der Waals surface area contributed by atoms with Gasteiger partial charge in [-0.2, -0.15) is 0 Å². The van der Waals surface area contributed by atoms with Crippen LogP contribution in [0.5, 0.6) is 0 Å². The summed E-state index contributed by atoms with van der Waals surface area (Å²) in [7, 11) is 0. The van der Waals surface area contributed by atoms with E-state index in [4.69, 9.17) is 0 Å². The second-order valence-corrected chi connectivity index (χ2v) is 8.97. The van der Waals surface area contributed by atoms with Crippen LogP contribution >= 0.6 is 11.3 Å². The number of carbonyl (C=O) groups excluding carboxylic acids is 1. The van der Waals surface area contributed by atoms with Crippen LogP contribution in [-0.4, -0.2) is 45.9 Å². The van der Waals surface area contributed by atoms with Crippen molar-refractivity contribution in [1.29, 1.82) is 0 Å². The van der Waals surface area contributed by atoms with E-state index >= 15 is 0 Å². The van der Waals surface area contributed by atoms with Gasteiger partial charge in [-0.15, -0.1) is 11.3 Å². The molecule has 5 nitrogen and oxygen atoms in total. The van der Waals surface area contributed by atoms with E-state index in [1.165, 1.54) is 16.9 Å². The lowest BCUT2D eigenvalue weighted by Crippen LogP contribution is -2.64. The number of piperidine rings is 3. The van der Waals surface area contributed by atoms with Crippen LogP contribution in [0.25, 0.3) is 10.6 Å². The van der Waals surface area contributed by atoms with E-state index in [0.717, 1.165) is 47.8 Å². The SMILES string of the molecule is O=C(N[C@@H]1C2CCN(CC2)[C@@H]1Cc1cccnc1)c1ccc(-c2ccccn2)s1. The van der Waals surface area contributed by atoms with Crippen LogP contribution in [0.1, 0.15) is 28.1 Å². The lowest BCUT2D eigenvalue weighted by atomic mass is 9.77. The summed E-state index contributed by atoms with van der Waals surface area (Å²) < 4.78 is 0. The molecule has 3 fully saturated rings. The number of aromatic nitrogens is 2. The fourth-order valence-electron chi connectivity index (χ4n) is 4.71. The summed E-state index contributed by atoms with van der Waals surface area (Å²) in [6.45, 7) is 2.26. The first-order valence-electron chi connectivity index (χ1n) is 10.2. The van der Waals surface area contributed by atoms with Crippen molar-refractivity contribution in [2.24, 2.45) is 5.92 Å². The predicted molar refractivity (Wildman–Crippen MR) is 115 cm³/mol. The highest BCUT2D eigenvalue weighted by Crippen LogP contribution is 2.34. The van der Waals surface area contributed by atoms with E-state index in [0.29, 0.717) is 12.0 Å². The third-order valence-corrected chi connectivity index (χ3v) is 7.28. The molecule has 0 aliphatic carbocycles. The molecule has 3 saturated heterocycles. The van der Waals surface area contributed by atoms with Crippen molar-refractivity contribution < 1.29 is 4.79 Å². The third kappa shape index (κ3) is 3.82. The van der Waals surface area contributed by atoms with Gasteiger partial charge in [-0.25, -0.2) is 0 Å². The number of amides is 1. The van der Waals surface area contributed by atoms with Crippen LogP contribution < -0.4 is 5.32 Å². The van der Waals surface area contributed by atoms with Gasteiger partial charge in [0.25, 0.3) is 5.91 Å². The molecule has 6 rings (SSSR count). The average molecular weight is 405 g/mol. The Morgan fingerprint density at radius 1 is 1.10 bits per heavy atom. The van der Waals surface area contributed by atoms with Gasteiger partial charge in [-0.05, 0) is 74.2 Å². The molecular formula is C23H24N4OS. The third-order valence-electron chi connectivity index (χ3n) is 6.18. The van der Waals surface area contributed by atoms with E-state index in [1.807, 2.05) is 48.8 Å². The minimum atomic E-state index is 0.0344. The minimum absolute atomic E-state index is 0.0344. The zero-order valence-electron chi connectivity index (χ0n) is 16.2. The fraction of sp³-hybridized carbons (Fsp3) is 0.348. The quantitative estimate of drug-likeness (QED) is 0.705. The van der Waals surface area contributed by atoms with Crippen molar-refractivity contribution in [3.8, 4) is 10.6 Å². The minimum Gasteiger partial charge on any atom is -0.347 e. The van der Waals surface area contributed by atoms with Gasteiger partial charge in [0.2, 0.25) is 0 Å². The topological polar surface area (TPSA) is 58.1 Å². The Hall–Kier alpha value is -2.57. The monoisotopic (exact) mass is 404 g/mol. The standard InChI is InChI=1S/C23H24N4OS/c28-23(21-7-6-20(29-21)18-5-1-2-11-25-18)26-22-17-8-12-27(13-9-17)19(22)14-16-4-3-10-24-15-16/h1-7,10-11,15,17,19,22H,8-9,12-14H2,(H,26,28)/t19-,22-/m1/s1. The first-order chi connectivity index (χ1) is 14.3. The van der Waals surface area contributed by atoms with Crippen LogP contribution in [0.3, 0.4) is 0 Å². The second-order valence-electron chi connectivity index (χ2n) is 7.88. The molecular weight excluding hydrogens is 380 g/mol. The molecule has 0 spiro atoms. The first-order valence-corrected chi connectivity index (χ1v) is 11.0. The summed E-state index contributed by atoms with van der Waals surface area (Å²) >= 11 is 1.51. The Kier molecular flexibility index (Phi) is 5.12. The van der Waals surface area contributed by atoms with Gasteiger partial charge in [0.05, 0.1) is 15.4 Å². The largest absolute Gasteiger partial charge is 0.347 e. The van der Waals surface area contributed by atoms with Crippen molar-refractivity contribution in [2.45, 2.75) is 31.3 Å². The molecule has 3 aromatic rings. The van der Waals surface area contributed by atoms with E-state index in [1.54, 1.807) is 6.20 Å². The summed E-state index contributed by atoms with van der Waals surface area (Å²) in [5, 5.41) is 3.39. The van der Waals surface area contributed by atoms with Crippen LogP contribution in [-0.2, 0) is 6.42 Å². The number of rotatable bonds is 5. The normalized spacial score (nSPS) is 25.7. The number of hydrogen-bond acceptors (Lipinski definition) is 5. The maximum absolute atomic E-state index is 13.1. The van der Waals surface area contributed by atoms with Crippen LogP contribution in [0.15, 0.2) is 61.1 Å². The molecule has 1 amide bonds. The lowest BCUT2D eigenvalue weighted by molar-refractivity contribution is 0.0137. The number of nitrogens with one attached hydrogen (secondary N) is 1. The second kappa shape index (κ2) is 8.05. The van der Waals surface area contributed by atoms with E-state index in [9.17, 15) is 4.79 Å². The molecule has 148 valence electrons. The molecule has 0 aromatic carbocycles. The van der Waals surface area contributed by atoms with Crippen molar-refractivity contribution >= 4 is 17.2 Å². The number of pyridine rings is 2. The van der Waals surface area contributed by atoms with Gasteiger partial charge in [0.1, 0.15) is 0 Å². The highest BCUT2D eigenvalue weighted by atomic mass is 32.1. The van der Waals surface area contributed by atoms with Gasteiger partial charge in [0, 0.05) is 30.7 Å². The van der Waals surface area contributed by atoms with Crippen LogP contribution in [0, 0.1) is 5.92 Å².